The molecule has 1 saturated heterocycles. The average molecular weight is 363 g/mol. The van der Waals surface area contributed by atoms with Crippen molar-refractivity contribution < 1.29 is 24.2 Å². The molecule has 2 amide bonds. The number of ether oxygens (including phenoxy) is 2. The molecule has 0 saturated carbocycles. The number of hydrazone groups is 1. The van der Waals surface area contributed by atoms with E-state index < -0.39 is 29.4 Å². The van der Waals surface area contributed by atoms with Gasteiger partial charge in [0.05, 0.1) is 12.8 Å². The number of nitrogens with zero attached hydrogens (tertiary/aromatic N) is 2. The van der Waals surface area contributed by atoms with E-state index in [0.29, 0.717) is 5.56 Å². The molecular formula is C18H25N3O5. The molecule has 0 bridgehead atoms. The molecule has 1 aliphatic rings. The second-order valence-corrected chi connectivity index (χ2v) is 7.45. The van der Waals surface area contributed by atoms with Crippen LogP contribution in [0.3, 0.4) is 0 Å². The highest BCUT2D eigenvalue weighted by molar-refractivity contribution is 5.88. The molecule has 1 aromatic rings. The number of carbonyl (C=O) groups is 2. The molecule has 26 heavy (non-hydrogen) atoms. The zero-order valence-corrected chi connectivity index (χ0v) is 15.6. The predicted molar refractivity (Wildman–Crippen MR) is 95.7 cm³/mol. The monoisotopic (exact) mass is 363 g/mol. The Morgan fingerprint density at radius 2 is 1.96 bits per heavy atom. The Morgan fingerprint density at radius 1 is 1.35 bits per heavy atom. The number of carbonyl (C=O) groups excluding carboxylic acids is 2. The molecule has 1 atom stereocenters. The van der Waals surface area contributed by atoms with Crippen LogP contribution in [-0.4, -0.2) is 52.2 Å². The van der Waals surface area contributed by atoms with Crippen molar-refractivity contribution in [2.75, 3.05) is 6.61 Å². The summed E-state index contributed by atoms with van der Waals surface area (Å²) in [5.41, 5.74) is 1.46. The van der Waals surface area contributed by atoms with E-state index >= 15 is 0 Å². The molecule has 1 aromatic carbocycles. The van der Waals surface area contributed by atoms with Gasteiger partial charge in [-0.1, -0.05) is 0 Å². The lowest BCUT2D eigenvalue weighted by Crippen LogP contribution is -2.54. The van der Waals surface area contributed by atoms with Gasteiger partial charge in [-0.15, -0.1) is 0 Å². The summed E-state index contributed by atoms with van der Waals surface area (Å²) in [4.78, 5) is 26.2. The van der Waals surface area contributed by atoms with Crippen LogP contribution in [0.4, 0.5) is 4.79 Å². The fourth-order valence-electron chi connectivity index (χ4n) is 2.46. The smallest absolute Gasteiger partial charge is 0.413 e. The first-order valence-electron chi connectivity index (χ1n) is 8.28. The van der Waals surface area contributed by atoms with E-state index in [-0.39, 0.29) is 12.4 Å². The van der Waals surface area contributed by atoms with Crippen LogP contribution in [0.5, 0.6) is 5.75 Å². The molecule has 8 nitrogen and oxygen atoms in total. The normalized spacial score (nSPS) is 19.6. The molecule has 1 unspecified atom stereocenters. The van der Waals surface area contributed by atoms with E-state index in [1.54, 1.807) is 46.8 Å². The first kappa shape index (κ1) is 19.7. The van der Waals surface area contributed by atoms with E-state index in [0.717, 1.165) is 0 Å². The van der Waals surface area contributed by atoms with Crippen LogP contribution in [0.2, 0.25) is 0 Å². The van der Waals surface area contributed by atoms with Crippen LogP contribution in [0, 0.1) is 0 Å². The highest BCUT2D eigenvalue weighted by Crippen LogP contribution is 2.29. The van der Waals surface area contributed by atoms with Gasteiger partial charge in [0.15, 0.2) is 0 Å². The minimum atomic E-state index is -0.967. The first-order chi connectivity index (χ1) is 12.0. The Kier molecular flexibility index (Phi) is 5.56. The molecule has 0 aromatic heterocycles. The van der Waals surface area contributed by atoms with Crippen molar-refractivity contribution in [3.05, 3.63) is 29.8 Å². The molecule has 2 rings (SSSR count). The molecule has 1 fully saturated rings. The Bertz CT molecular complexity index is 692. The van der Waals surface area contributed by atoms with Gasteiger partial charge in [0, 0.05) is 0 Å². The van der Waals surface area contributed by atoms with Crippen molar-refractivity contribution in [3.63, 3.8) is 0 Å². The highest BCUT2D eigenvalue weighted by atomic mass is 16.6. The minimum Gasteiger partial charge on any atom is -0.508 e. The fraction of sp³-hybridized carbons (Fsp3) is 0.500. The van der Waals surface area contributed by atoms with Gasteiger partial charge < -0.3 is 14.6 Å². The van der Waals surface area contributed by atoms with Crippen molar-refractivity contribution >= 4 is 18.2 Å². The first-order valence-corrected chi connectivity index (χ1v) is 8.28. The lowest BCUT2D eigenvalue weighted by atomic mass is 10.2. The number of phenolic OH excluding ortho intramolecular Hbond substituents is 1. The maximum absolute atomic E-state index is 12.5. The molecule has 0 radical (unpaired) electrons. The van der Waals surface area contributed by atoms with E-state index in [4.69, 9.17) is 9.47 Å². The second kappa shape index (κ2) is 7.33. The largest absolute Gasteiger partial charge is 0.508 e. The van der Waals surface area contributed by atoms with Gasteiger partial charge in [0.2, 0.25) is 0 Å². The minimum absolute atomic E-state index is 0.0484. The van der Waals surface area contributed by atoms with Crippen molar-refractivity contribution in [1.29, 1.82) is 0 Å². The van der Waals surface area contributed by atoms with Gasteiger partial charge >= 0.3 is 6.09 Å². The quantitative estimate of drug-likeness (QED) is 0.633. The standard InChI is InChI=1S/C18H25N3O5/c1-17(2,3)26-16(24)21-14(11-25-18(21,4)5)15(23)20-19-10-12-6-8-13(22)9-7-12/h6-10,14,22H,11H2,1-5H3,(H,20,23)/b19-10+. The Balaban J connectivity index is 2.06. The molecular weight excluding hydrogens is 338 g/mol. The number of nitrogens with one attached hydrogen (secondary N) is 1. The lowest BCUT2D eigenvalue weighted by Gasteiger charge is -2.34. The van der Waals surface area contributed by atoms with Crippen LogP contribution < -0.4 is 5.43 Å². The highest BCUT2D eigenvalue weighted by Gasteiger charge is 2.48. The number of rotatable bonds is 3. The van der Waals surface area contributed by atoms with Gasteiger partial charge in [0.25, 0.3) is 5.91 Å². The van der Waals surface area contributed by atoms with E-state index in [1.165, 1.54) is 23.2 Å². The Morgan fingerprint density at radius 3 is 2.54 bits per heavy atom. The number of aromatic hydroxyl groups is 1. The Hall–Kier alpha value is -2.61. The zero-order chi connectivity index (χ0) is 19.5. The zero-order valence-electron chi connectivity index (χ0n) is 15.6. The van der Waals surface area contributed by atoms with Crippen LogP contribution >= 0.6 is 0 Å². The van der Waals surface area contributed by atoms with Gasteiger partial charge in [0.1, 0.15) is 23.1 Å². The predicted octanol–water partition coefficient (Wildman–Crippen LogP) is 2.21. The number of benzene rings is 1. The average Bonchev–Trinajstić information content (AvgIpc) is 2.83. The van der Waals surface area contributed by atoms with E-state index in [1.807, 2.05) is 0 Å². The van der Waals surface area contributed by atoms with E-state index in [2.05, 4.69) is 10.5 Å². The number of hydrogen-bond acceptors (Lipinski definition) is 6. The molecule has 2 N–H and O–H groups in total. The van der Waals surface area contributed by atoms with Crippen molar-refractivity contribution in [3.8, 4) is 5.75 Å². The summed E-state index contributed by atoms with van der Waals surface area (Å²) in [6.07, 6.45) is 0.818. The van der Waals surface area contributed by atoms with Crippen LogP contribution in [0.15, 0.2) is 29.4 Å². The third kappa shape index (κ3) is 4.95. The van der Waals surface area contributed by atoms with Gasteiger partial charge in [-0.2, -0.15) is 5.10 Å². The third-order valence-corrected chi connectivity index (χ3v) is 3.66. The molecule has 8 heteroatoms. The third-order valence-electron chi connectivity index (χ3n) is 3.66. The van der Waals surface area contributed by atoms with Crippen LogP contribution in [0.1, 0.15) is 40.2 Å². The van der Waals surface area contributed by atoms with Crippen molar-refractivity contribution in [2.45, 2.75) is 52.0 Å². The maximum Gasteiger partial charge on any atom is 0.413 e. The summed E-state index contributed by atoms with van der Waals surface area (Å²) in [6, 6.07) is 5.48. The summed E-state index contributed by atoms with van der Waals surface area (Å²) in [5, 5.41) is 13.1. The van der Waals surface area contributed by atoms with Crippen LogP contribution in [-0.2, 0) is 14.3 Å². The summed E-state index contributed by atoms with van der Waals surface area (Å²) in [7, 11) is 0. The summed E-state index contributed by atoms with van der Waals surface area (Å²) in [6.45, 7) is 8.71. The van der Waals surface area contributed by atoms with Gasteiger partial charge in [-0.05, 0) is 64.4 Å². The molecule has 1 heterocycles. The summed E-state index contributed by atoms with van der Waals surface area (Å²) >= 11 is 0. The molecule has 1 aliphatic heterocycles. The topological polar surface area (TPSA) is 100 Å². The maximum atomic E-state index is 12.5. The van der Waals surface area contributed by atoms with Crippen molar-refractivity contribution in [2.24, 2.45) is 5.10 Å². The lowest BCUT2D eigenvalue weighted by molar-refractivity contribution is -0.126. The SMILES string of the molecule is CC(C)(C)OC(=O)N1C(C(=O)N/N=C/c2ccc(O)cc2)COC1(C)C. The number of amides is 2. The van der Waals surface area contributed by atoms with Crippen molar-refractivity contribution in [1.82, 2.24) is 10.3 Å². The Labute approximate surface area is 152 Å². The summed E-state index contributed by atoms with van der Waals surface area (Å²) in [5.74, 6) is -0.332. The second-order valence-electron chi connectivity index (χ2n) is 7.45. The van der Waals surface area contributed by atoms with Gasteiger partial charge in [-0.25, -0.2) is 10.2 Å². The molecule has 0 spiro atoms. The number of phenols is 1. The van der Waals surface area contributed by atoms with Crippen LogP contribution in [0.25, 0.3) is 0 Å². The molecule has 0 aliphatic carbocycles. The van der Waals surface area contributed by atoms with E-state index in [9.17, 15) is 14.7 Å². The fourth-order valence-corrected chi connectivity index (χ4v) is 2.46. The van der Waals surface area contributed by atoms with Gasteiger partial charge in [-0.3, -0.25) is 9.69 Å². The molecule has 142 valence electrons. The number of hydrogen-bond donors (Lipinski definition) is 2. The summed E-state index contributed by atoms with van der Waals surface area (Å²) < 4.78 is 11.0.